The van der Waals surface area contributed by atoms with Crippen molar-refractivity contribution in [2.45, 2.75) is 0 Å². The van der Waals surface area contributed by atoms with E-state index in [0.717, 1.165) is 16.8 Å². The third kappa shape index (κ3) is 3.32. The second-order valence-corrected chi connectivity index (χ2v) is 5.56. The third-order valence-corrected chi connectivity index (χ3v) is 4.05. The molecule has 0 heterocycles. The molecule has 2 N–H and O–H groups in total. The summed E-state index contributed by atoms with van der Waals surface area (Å²) in [5, 5.41) is 12.6. The maximum Gasteiger partial charge on any atom is 0.337 e. The van der Waals surface area contributed by atoms with E-state index >= 15 is 0 Å². The highest BCUT2D eigenvalue weighted by Crippen LogP contribution is 2.41. The van der Waals surface area contributed by atoms with Crippen LogP contribution in [0.25, 0.3) is 11.1 Å². The zero-order valence-electron chi connectivity index (χ0n) is 14.5. The Labute approximate surface area is 151 Å². The lowest BCUT2D eigenvalue weighted by molar-refractivity contribution is 0.0698. The summed E-state index contributed by atoms with van der Waals surface area (Å²) in [6.45, 7) is 0. The van der Waals surface area contributed by atoms with Crippen molar-refractivity contribution in [2.75, 3.05) is 19.5 Å². The number of carbonyl (C=O) groups is 1. The van der Waals surface area contributed by atoms with Crippen molar-refractivity contribution in [2.24, 2.45) is 0 Å². The summed E-state index contributed by atoms with van der Waals surface area (Å²) in [7, 11) is 3.19. The standard InChI is InChI=1S/C21H19NO4/c1-25-19-13-7-10-15(20(19)26-2)14-8-3-5-11-17(14)22-18-12-6-4-9-16(18)21(23)24/h3-13,22H,1-2H3,(H,23,24). The van der Waals surface area contributed by atoms with E-state index < -0.39 is 5.97 Å². The first-order chi connectivity index (χ1) is 12.7. The van der Waals surface area contributed by atoms with Gasteiger partial charge in [-0.2, -0.15) is 0 Å². The third-order valence-electron chi connectivity index (χ3n) is 4.05. The van der Waals surface area contributed by atoms with Gasteiger partial charge in [-0.1, -0.05) is 42.5 Å². The van der Waals surface area contributed by atoms with E-state index in [1.54, 1.807) is 38.5 Å². The second-order valence-electron chi connectivity index (χ2n) is 5.56. The van der Waals surface area contributed by atoms with Gasteiger partial charge in [-0.05, 0) is 24.3 Å². The number of rotatable bonds is 6. The topological polar surface area (TPSA) is 67.8 Å². The van der Waals surface area contributed by atoms with Crippen molar-refractivity contribution in [1.82, 2.24) is 0 Å². The first kappa shape index (κ1) is 17.4. The molecule has 132 valence electrons. The molecular weight excluding hydrogens is 330 g/mol. The Kier molecular flexibility index (Phi) is 5.08. The van der Waals surface area contributed by atoms with Gasteiger partial charge in [0.05, 0.1) is 25.5 Å². The number of carboxylic acids is 1. The van der Waals surface area contributed by atoms with Crippen LogP contribution in [-0.4, -0.2) is 25.3 Å². The molecule has 0 aromatic heterocycles. The Morgan fingerprint density at radius 3 is 2.15 bits per heavy atom. The second kappa shape index (κ2) is 7.61. The molecule has 26 heavy (non-hydrogen) atoms. The highest BCUT2D eigenvalue weighted by molar-refractivity contribution is 5.96. The zero-order chi connectivity index (χ0) is 18.5. The summed E-state index contributed by atoms with van der Waals surface area (Å²) < 4.78 is 10.9. The molecule has 0 saturated carbocycles. The lowest BCUT2D eigenvalue weighted by Crippen LogP contribution is -2.03. The Morgan fingerprint density at radius 1 is 0.808 bits per heavy atom. The van der Waals surface area contributed by atoms with Crippen molar-refractivity contribution in [1.29, 1.82) is 0 Å². The fourth-order valence-electron chi connectivity index (χ4n) is 2.85. The summed E-state index contributed by atoms with van der Waals surface area (Å²) in [5.74, 6) is 0.269. The van der Waals surface area contributed by atoms with E-state index in [4.69, 9.17) is 9.47 Å². The van der Waals surface area contributed by atoms with Crippen LogP contribution in [0.3, 0.4) is 0 Å². The van der Waals surface area contributed by atoms with Gasteiger partial charge in [0.25, 0.3) is 0 Å². The highest BCUT2D eigenvalue weighted by Gasteiger charge is 2.16. The van der Waals surface area contributed by atoms with Gasteiger partial charge in [0.15, 0.2) is 11.5 Å². The number of benzene rings is 3. The molecule has 0 bridgehead atoms. The predicted octanol–water partition coefficient (Wildman–Crippen LogP) is 4.81. The van der Waals surface area contributed by atoms with Gasteiger partial charge in [0.2, 0.25) is 0 Å². The Balaban J connectivity index is 2.10. The van der Waals surface area contributed by atoms with Gasteiger partial charge in [-0.3, -0.25) is 0 Å². The Bertz CT molecular complexity index is 937. The summed E-state index contributed by atoms with van der Waals surface area (Å²) in [6.07, 6.45) is 0. The Morgan fingerprint density at radius 2 is 1.46 bits per heavy atom. The minimum atomic E-state index is -0.982. The van der Waals surface area contributed by atoms with Crippen molar-refractivity contribution in [3.63, 3.8) is 0 Å². The summed E-state index contributed by atoms with van der Waals surface area (Å²) in [6, 6.07) is 20.1. The number of anilines is 2. The van der Waals surface area contributed by atoms with E-state index in [2.05, 4.69) is 5.32 Å². The minimum absolute atomic E-state index is 0.208. The monoisotopic (exact) mass is 349 g/mol. The van der Waals surface area contributed by atoms with Crippen LogP contribution in [0.4, 0.5) is 11.4 Å². The van der Waals surface area contributed by atoms with Crippen LogP contribution in [0, 0.1) is 0 Å². The average Bonchev–Trinajstić information content (AvgIpc) is 2.68. The average molecular weight is 349 g/mol. The lowest BCUT2D eigenvalue weighted by atomic mass is 10.0. The van der Waals surface area contributed by atoms with Crippen molar-refractivity contribution in [3.8, 4) is 22.6 Å². The van der Waals surface area contributed by atoms with E-state index in [1.807, 2.05) is 42.5 Å². The van der Waals surface area contributed by atoms with Gasteiger partial charge in [-0.25, -0.2) is 4.79 Å². The minimum Gasteiger partial charge on any atom is -0.493 e. The molecule has 3 aromatic rings. The van der Waals surface area contributed by atoms with E-state index in [0.29, 0.717) is 17.2 Å². The van der Waals surface area contributed by atoms with Crippen LogP contribution >= 0.6 is 0 Å². The molecule has 5 nitrogen and oxygen atoms in total. The first-order valence-electron chi connectivity index (χ1n) is 8.05. The molecule has 0 atom stereocenters. The fraction of sp³-hybridized carbons (Fsp3) is 0.0952. The van der Waals surface area contributed by atoms with E-state index in [9.17, 15) is 9.90 Å². The van der Waals surface area contributed by atoms with Crippen molar-refractivity contribution < 1.29 is 19.4 Å². The molecule has 3 aromatic carbocycles. The number of aromatic carboxylic acids is 1. The molecule has 0 fully saturated rings. The molecule has 0 spiro atoms. The zero-order valence-corrected chi connectivity index (χ0v) is 14.5. The maximum absolute atomic E-state index is 11.5. The van der Waals surface area contributed by atoms with Gasteiger partial charge in [0, 0.05) is 16.8 Å². The SMILES string of the molecule is COc1cccc(-c2ccccc2Nc2ccccc2C(=O)O)c1OC. The van der Waals surface area contributed by atoms with Gasteiger partial charge < -0.3 is 19.9 Å². The van der Waals surface area contributed by atoms with E-state index in [1.165, 1.54) is 0 Å². The molecule has 0 radical (unpaired) electrons. The number of nitrogens with one attached hydrogen (secondary N) is 1. The molecular formula is C21H19NO4. The van der Waals surface area contributed by atoms with Crippen LogP contribution < -0.4 is 14.8 Å². The number of methoxy groups -OCH3 is 2. The summed E-state index contributed by atoms with van der Waals surface area (Å²) in [4.78, 5) is 11.5. The normalized spacial score (nSPS) is 10.2. The number of hydrogen-bond acceptors (Lipinski definition) is 4. The molecule has 0 aliphatic carbocycles. The van der Waals surface area contributed by atoms with Gasteiger partial charge in [0.1, 0.15) is 0 Å². The van der Waals surface area contributed by atoms with Crippen LogP contribution in [-0.2, 0) is 0 Å². The molecule has 0 amide bonds. The van der Waals surface area contributed by atoms with Crippen molar-refractivity contribution in [3.05, 3.63) is 72.3 Å². The molecule has 5 heteroatoms. The first-order valence-corrected chi connectivity index (χ1v) is 8.05. The number of hydrogen-bond donors (Lipinski definition) is 2. The smallest absolute Gasteiger partial charge is 0.337 e. The van der Waals surface area contributed by atoms with Gasteiger partial charge >= 0.3 is 5.97 Å². The fourth-order valence-corrected chi connectivity index (χ4v) is 2.85. The molecule has 0 aliphatic heterocycles. The molecule has 0 unspecified atom stereocenters. The van der Waals surface area contributed by atoms with Crippen LogP contribution in [0.15, 0.2) is 66.7 Å². The van der Waals surface area contributed by atoms with Crippen molar-refractivity contribution >= 4 is 17.3 Å². The molecule has 3 rings (SSSR count). The maximum atomic E-state index is 11.5. The van der Waals surface area contributed by atoms with Crippen LogP contribution in [0.1, 0.15) is 10.4 Å². The molecule has 0 saturated heterocycles. The lowest BCUT2D eigenvalue weighted by Gasteiger charge is -2.17. The number of ether oxygens (including phenoxy) is 2. The Hall–Kier alpha value is -3.47. The van der Waals surface area contributed by atoms with Gasteiger partial charge in [-0.15, -0.1) is 0 Å². The summed E-state index contributed by atoms with van der Waals surface area (Å²) in [5.41, 5.74) is 3.23. The number of carboxylic acid groups (broad SMARTS) is 1. The van der Waals surface area contributed by atoms with E-state index in [-0.39, 0.29) is 5.56 Å². The quantitative estimate of drug-likeness (QED) is 0.668. The number of para-hydroxylation sites is 3. The van der Waals surface area contributed by atoms with Crippen LogP contribution in [0.5, 0.6) is 11.5 Å². The largest absolute Gasteiger partial charge is 0.493 e. The molecule has 0 aliphatic rings. The summed E-state index contributed by atoms with van der Waals surface area (Å²) >= 11 is 0. The highest BCUT2D eigenvalue weighted by atomic mass is 16.5. The van der Waals surface area contributed by atoms with Crippen LogP contribution in [0.2, 0.25) is 0 Å². The predicted molar refractivity (Wildman–Crippen MR) is 102 cm³/mol.